The Morgan fingerprint density at radius 2 is 1.61 bits per heavy atom. The minimum atomic E-state index is -0.423. The number of hydrogen-bond donors (Lipinski definition) is 0. The molecule has 0 spiro atoms. The Morgan fingerprint density at radius 3 is 2.26 bits per heavy atom. The highest BCUT2D eigenvalue weighted by molar-refractivity contribution is 7.99. The van der Waals surface area contributed by atoms with E-state index in [4.69, 9.17) is 9.15 Å². The zero-order valence-corrected chi connectivity index (χ0v) is 18.1. The average molecular weight is 433 g/mol. The lowest BCUT2D eigenvalue weighted by molar-refractivity contribution is -0.142. The highest BCUT2D eigenvalue weighted by atomic mass is 32.2. The number of hydrogen-bond acceptors (Lipinski definition) is 5. The van der Waals surface area contributed by atoms with E-state index in [9.17, 15) is 4.79 Å². The Kier molecular flexibility index (Phi) is 6.95. The fraction of sp³-hybridized carbons (Fsp3) is 0.192. The van der Waals surface area contributed by atoms with Crippen LogP contribution >= 0.6 is 11.8 Å². The van der Waals surface area contributed by atoms with Gasteiger partial charge in [0.1, 0.15) is 0 Å². The Hall–Kier alpha value is -3.18. The van der Waals surface area contributed by atoms with Gasteiger partial charge in [0.15, 0.2) is 17.9 Å². The van der Waals surface area contributed by atoms with Crippen molar-refractivity contribution in [3.8, 4) is 5.75 Å². The normalized spacial score (nSPS) is 11.0. The molecule has 4 aromatic rings. The molecular weight excluding hydrogens is 408 g/mol. The van der Waals surface area contributed by atoms with Gasteiger partial charge in [-0.1, -0.05) is 72.8 Å². The number of aryl methyl sites for hydroxylation is 1. The van der Waals surface area contributed by atoms with Crippen LogP contribution in [0.4, 0.5) is 0 Å². The van der Waals surface area contributed by atoms with Gasteiger partial charge in [0.25, 0.3) is 0 Å². The van der Waals surface area contributed by atoms with Gasteiger partial charge in [-0.2, -0.15) is 0 Å². The number of benzene rings is 3. The number of carbonyl (C=O) groups is 1. The Balaban J connectivity index is 1.47. The first kappa shape index (κ1) is 21.1. The SMILES string of the molecule is COC(=O)COc1cccc2c(CCSC(c3ccccc3)c3ccccc3)coc12. The zero-order chi connectivity index (χ0) is 21.5. The average Bonchev–Trinajstić information content (AvgIpc) is 3.25. The van der Waals surface area contributed by atoms with Gasteiger partial charge in [-0.15, -0.1) is 11.8 Å². The van der Waals surface area contributed by atoms with E-state index < -0.39 is 5.97 Å². The number of carbonyl (C=O) groups excluding carboxylic acids is 1. The summed E-state index contributed by atoms with van der Waals surface area (Å²) in [6, 6.07) is 26.9. The van der Waals surface area contributed by atoms with E-state index in [1.54, 1.807) is 12.3 Å². The molecule has 0 atom stereocenters. The maximum atomic E-state index is 11.4. The zero-order valence-electron chi connectivity index (χ0n) is 17.3. The molecule has 4 rings (SSSR count). The first-order valence-electron chi connectivity index (χ1n) is 10.2. The molecule has 0 fully saturated rings. The van der Waals surface area contributed by atoms with E-state index >= 15 is 0 Å². The Bertz CT molecular complexity index is 1080. The topological polar surface area (TPSA) is 48.7 Å². The number of thioether (sulfide) groups is 1. The summed E-state index contributed by atoms with van der Waals surface area (Å²) in [6.45, 7) is -0.142. The van der Waals surface area contributed by atoms with Crippen molar-refractivity contribution in [3.63, 3.8) is 0 Å². The van der Waals surface area contributed by atoms with E-state index in [1.165, 1.54) is 18.2 Å². The van der Waals surface area contributed by atoms with Crippen molar-refractivity contribution < 1.29 is 18.7 Å². The summed E-state index contributed by atoms with van der Waals surface area (Å²) in [5.41, 5.74) is 4.39. The summed E-state index contributed by atoms with van der Waals surface area (Å²) in [7, 11) is 1.34. The van der Waals surface area contributed by atoms with Crippen LogP contribution in [0.15, 0.2) is 89.5 Å². The predicted molar refractivity (Wildman–Crippen MR) is 125 cm³/mol. The molecule has 158 valence electrons. The first-order chi connectivity index (χ1) is 15.3. The van der Waals surface area contributed by atoms with Gasteiger partial charge < -0.3 is 13.9 Å². The van der Waals surface area contributed by atoms with Crippen molar-refractivity contribution in [1.82, 2.24) is 0 Å². The number of esters is 1. The molecule has 0 saturated heterocycles. The number of fused-ring (bicyclic) bond motifs is 1. The number of para-hydroxylation sites is 1. The predicted octanol–water partition coefficient (Wildman–Crippen LogP) is 6.05. The van der Waals surface area contributed by atoms with Gasteiger partial charge in [0.05, 0.1) is 18.6 Å². The lowest BCUT2D eigenvalue weighted by Crippen LogP contribution is -2.12. The second kappa shape index (κ2) is 10.2. The number of furan rings is 1. The van der Waals surface area contributed by atoms with Gasteiger partial charge in [-0.3, -0.25) is 0 Å². The fourth-order valence-electron chi connectivity index (χ4n) is 3.51. The highest BCUT2D eigenvalue weighted by Gasteiger charge is 2.16. The maximum absolute atomic E-state index is 11.4. The third-order valence-electron chi connectivity index (χ3n) is 5.08. The van der Waals surface area contributed by atoms with Gasteiger partial charge >= 0.3 is 5.97 Å². The van der Waals surface area contributed by atoms with E-state index in [-0.39, 0.29) is 11.9 Å². The summed E-state index contributed by atoms with van der Waals surface area (Å²) in [4.78, 5) is 11.4. The maximum Gasteiger partial charge on any atom is 0.343 e. The standard InChI is InChI=1S/C26H24O4S/c1-28-24(27)18-29-23-14-8-13-22-21(17-30-25(22)23)15-16-31-26(19-9-4-2-5-10-19)20-11-6-3-7-12-20/h2-14,17,26H,15-16,18H2,1H3. The molecule has 0 saturated carbocycles. The number of rotatable bonds is 9. The van der Waals surface area contributed by atoms with Crippen molar-refractivity contribution in [2.24, 2.45) is 0 Å². The van der Waals surface area contributed by atoms with E-state index in [0.29, 0.717) is 11.3 Å². The molecule has 0 unspecified atom stereocenters. The van der Waals surface area contributed by atoms with Crippen LogP contribution in [0.3, 0.4) is 0 Å². The van der Waals surface area contributed by atoms with Crippen molar-refractivity contribution in [2.75, 3.05) is 19.5 Å². The summed E-state index contributed by atoms with van der Waals surface area (Å²) in [5.74, 6) is 1.07. The third-order valence-corrected chi connectivity index (χ3v) is 6.40. The highest BCUT2D eigenvalue weighted by Crippen LogP contribution is 2.37. The third kappa shape index (κ3) is 5.12. The molecule has 0 aliphatic carbocycles. The minimum absolute atomic E-state index is 0.142. The summed E-state index contributed by atoms with van der Waals surface area (Å²) >= 11 is 1.92. The molecule has 0 radical (unpaired) electrons. The van der Waals surface area contributed by atoms with Crippen molar-refractivity contribution in [2.45, 2.75) is 11.7 Å². The first-order valence-corrected chi connectivity index (χ1v) is 11.2. The van der Waals surface area contributed by atoms with Crippen LogP contribution in [0.1, 0.15) is 21.9 Å². The second-order valence-corrected chi connectivity index (χ2v) is 8.29. The molecule has 0 aliphatic heterocycles. The molecule has 3 aromatic carbocycles. The fourth-order valence-corrected chi connectivity index (χ4v) is 4.79. The monoisotopic (exact) mass is 432 g/mol. The number of methoxy groups -OCH3 is 1. The molecule has 4 nitrogen and oxygen atoms in total. The molecule has 0 aliphatic rings. The van der Waals surface area contributed by atoms with Crippen LogP contribution in [-0.2, 0) is 16.0 Å². The van der Waals surface area contributed by atoms with E-state index in [1.807, 2.05) is 36.0 Å². The minimum Gasteiger partial charge on any atom is -0.478 e. The van der Waals surface area contributed by atoms with Crippen LogP contribution in [0.2, 0.25) is 0 Å². The number of ether oxygens (including phenoxy) is 2. The van der Waals surface area contributed by atoms with Crippen LogP contribution in [-0.4, -0.2) is 25.4 Å². The van der Waals surface area contributed by atoms with Crippen LogP contribution in [0, 0.1) is 0 Å². The molecule has 0 amide bonds. The molecule has 5 heteroatoms. The van der Waals surface area contributed by atoms with Gasteiger partial charge in [-0.05, 0) is 34.9 Å². The largest absolute Gasteiger partial charge is 0.478 e. The summed E-state index contributed by atoms with van der Waals surface area (Å²) in [5, 5.41) is 1.29. The Morgan fingerprint density at radius 1 is 0.935 bits per heavy atom. The molecule has 0 bridgehead atoms. The molecule has 0 N–H and O–H groups in total. The van der Waals surface area contributed by atoms with Crippen molar-refractivity contribution in [1.29, 1.82) is 0 Å². The molecule has 31 heavy (non-hydrogen) atoms. The lowest BCUT2D eigenvalue weighted by Gasteiger charge is -2.17. The smallest absolute Gasteiger partial charge is 0.343 e. The summed E-state index contributed by atoms with van der Waals surface area (Å²) in [6.07, 6.45) is 2.66. The molecule has 1 heterocycles. The van der Waals surface area contributed by atoms with Gasteiger partial charge in [0.2, 0.25) is 0 Å². The van der Waals surface area contributed by atoms with Gasteiger partial charge in [0, 0.05) is 5.39 Å². The van der Waals surface area contributed by atoms with Crippen molar-refractivity contribution in [3.05, 3.63) is 102 Å². The lowest BCUT2D eigenvalue weighted by atomic mass is 10.0. The second-order valence-electron chi connectivity index (χ2n) is 7.08. The van der Waals surface area contributed by atoms with E-state index in [0.717, 1.165) is 23.1 Å². The van der Waals surface area contributed by atoms with Crippen molar-refractivity contribution >= 4 is 28.7 Å². The summed E-state index contributed by atoms with van der Waals surface area (Å²) < 4.78 is 16.0. The van der Waals surface area contributed by atoms with E-state index in [2.05, 4.69) is 53.3 Å². The van der Waals surface area contributed by atoms with Crippen LogP contribution in [0.25, 0.3) is 11.0 Å². The Labute approximate surface area is 186 Å². The van der Waals surface area contributed by atoms with Gasteiger partial charge in [-0.25, -0.2) is 4.79 Å². The van der Waals surface area contributed by atoms with Crippen LogP contribution in [0.5, 0.6) is 5.75 Å². The quantitative estimate of drug-likeness (QED) is 0.301. The van der Waals surface area contributed by atoms with Crippen LogP contribution < -0.4 is 4.74 Å². The molecular formula is C26H24O4S. The molecule has 1 aromatic heterocycles.